The van der Waals surface area contributed by atoms with Crippen LogP contribution in [0.15, 0.2) is 0 Å². The predicted molar refractivity (Wildman–Crippen MR) is 234 cm³/mol. The number of hydrogen-bond acceptors (Lipinski definition) is 9. The molecule has 0 aromatic carbocycles. The summed E-state index contributed by atoms with van der Waals surface area (Å²) < 4.78 is 25.1. The maximum Gasteiger partial charge on any atom is 0.331 e. The fraction of sp³-hybridized carbons (Fsp3) is 0.886. The third kappa shape index (κ3) is 36.7. The van der Waals surface area contributed by atoms with Gasteiger partial charge in [-0.3, -0.25) is 23.7 Å². The van der Waals surface area contributed by atoms with E-state index in [1.807, 2.05) is 41.5 Å². The first-order valence-corrected chi connectivity index (χ1v) is 24.4. The fourth-order valence-electron chi connectivity index (χ4n) is 6.58. The molecule has 0 aliphatic carbocycles. The lowest BCUT2D eigenvalue weighted by Crippen LogP contribution is -2.37. The van der Waals surface area contributed by atoms with Crippen LogP contribution in [0.25, 0.3) is 0 Å². The fourth-order valence-corrected chi connectivity index (χ4v) is 9.08. The van der Waals surface area contributed by atoms with E-state index in [1.165, 1.54) is 64.2 Å². The van der Waals surface area contributed by atoms with E-state index < -0.39 is 36.9 Å². The quantitative estimate of drug-likeness (QED) is 0.0226. The zero-order chi connectivity index (χ0) is 43.7. The first kappa shape index (κ1) is 55.7. The Morgan fingerprint density at radius 3 is 1.38 bits per heavy atom. The molecule has 0 bridgehead atoms. The summed E-state index contributed by atoms with van der Waals surface area (Å²) in [5, 5.41) is 17.2. The van der Waals surface area contributed by atoms with Gasteiger partial charge in [-0.25, -0.2) is 0 Å². The third-order valence-electron chi connectivity index (χ3n) is 9.59. The van der Waals surface area contributed by atoms with Crippen molar-refractivity contribution in [2.75, 3.05) is 19.3 Å². The van der Waals surface area contributed by atoms with Crippen molar-refractivity contribution in [1.82, 2.24) is 16.0 Å². The van der Waals surface area contributed by atoms with Gasteiger partial charge in [-0.15, -0.1) is 0 Å². The highest BCUT2D eigenvalue weighted by Crippen LogP contribution is 2.55. The Balaban J connectivity index is 3.70. The van der Waals surface area contributed by atoms with Crippen molar-refractivity contribution < 1.29 is 42.7 Å². The molecular weight excluding hydrogens is 759 g/mol. The molecule has 0 spiro atoms. The Hall–Kier alpha value is -2.34. The Bertz CT molecular complexity index is 1150. The predicted octanol–water partition coefficient (Wildman–Crippen LogP) is 9.28. The number of nitrogens with two attached hydrogens (primary N) is 1. The van der Waals surface area contributed by atoms with Crippen molar-refractivity contribution in [2.24, 2.45) is 5.73 Å². The van der Waals surface area contributed by atoms with Crippen LogP contribution in [-0.2, 0) is 37.6 Å². The molecular formula is C44H85N4O9P. The van der Waals surface area contributed by atoms with Crippen molar-refractivity contribution in [3.8, 4) is 0 Å². The van der Waals surface area contributed by atoms with Gasteiger partial charge in [0.15, 0.2) is 0 Å². The number of carboxylic acids is 1. The van der Waals surface area contributed by atoms with Crippen LogP contribution in [0, 0.1) is 0 Å². The zero-order valence-electron chi connectivity index (χ0n) is 37.5. The molecule has 0 aromatic heterocycles. The lowest BCUT2D eigenvalue weighted by molar-refractivity contribution is -0.138. The molecule has 0 saturated heterocycles. The van der Waals surface area contributed by atoms with Crippen molar-refractivity contribution in [2.45, 2.75) is 232 Å². The van der Waals surface area contributed by atoms with Crippen LogP contribution >= 0.6 is 7.60 Å². The molecule has 0 fully saturated rings. The summed E-state index contributed by atoms with van der Waals surface area (Å²) in [6.07, 6.45) is 24.8. The summed E-state index contributed by atoms with van der Waals surface area (Å²) in [5.41, 5.74) is 4.46. The van der Waals surface area contributed by atoms with Gasteiger partial charge in [-0.05, 0) is 92.9 Å². The van der Waals surface area contributed by atoms with Crippen LogP contribution in [0.5, 0.6) is 0 Å². The van der Waals surface area contributed by atoms with Crippen LogP contribution in [-0.4, -0.2) is 77.6 Å². The molecule has 0 heterocycles. The number of aldehydes is 1. The summed E-state index contributed by atoms with van der Waals surface area (Å²) in [6, 6.07) is -1.53. The second-order valence-electron chi connectivity index (χ2n) is 17.9. The standard InChI is InChI=1S/C44H85N4O9P/c1-43(2,3)56-58(55,57-44(4,5)6)35-27-20-18-16-14-12-10-8-7-9-11-13-15-17-19-22-30-41(52)48-37(36-49)31-32-40(51)47-33-25-21-23-29-39(50)46-34-26-24-28-38(45)42(53)54/h36-38H,7-35,45H2,1-6H3,(H,46,50)(H,47,51)(H,48,52)(H,53,54). The zero-order valence-corrected chi connectivity index (χ0v) is 38.4. The Morgan fingerprint density at radius 1 is 0.569 bits per heavy atom. The second-order valence-corrected chi connectivity index (χ2v) is 20.0. The average molecular weight is 845 g/mol. The van der Waals surface area contributed by atoms with Crippen molar-refractivity contribution in [3.05, 3.63) is 0 Å². The molecule has 0 rings (SSSR count). The molecule has 58 heavy (non-hydrogen) atoms. The summed E-state index contributed by atoms with van der Waals surface area (Å²) in [7, 11) is -3.12. The smallest absolute Gasteiger partial charge is 0.331 e. The topological polar surface area (TPSA) is 203 Å². The van der Waals surface area contributed by atoms with E-state index in [4.69, 9.17) is 19.9 Å². The number of aliphatic carboxylic acids is 1. The van der Waals surface area contributed by atoms with Gasteiger partial charge in [0.2, 0.25) is 17.7 Å². The molecule has 14 heteroatoms. The molecule has 0 aliphatic heterocycles. The third-order valence-corrected chi connectivity index (χ3v) is 12.1. The molecule has 340 valence electrons. The molecule has 0 saturated carbocycles. The number of unbranched alkanes of at least 4 members (excludes halogenated alkanes) is 18. The number of carboxylic acid groups (broad SMARTS) is 1. The summed E-state index contributed by atoms with van der Waals surface area (Å²) in [4.78, 5) is 58.7. The van der Waals surface area contributed by atoms with Gasteiger partial charge in [0.05, 0.1) is 23.4 Å². The summed E-state index contributed by atoms with van der Waals surface area (Å²) >= 11 is 0. The van der Waals surface area contributed by atoms with E-state index in [0.717, 1.165) is 51.4 Å². The average Bonchev–Trinajstić information content (AvgIpc) is 3.12. The molecule has 0 radical (unpaired) electrons. The number of amides is 3. The molecule has 6 N–H and O–H groups in total. The largest absolute Gasteiger partial charge is 0.480 e. The highest BCUT2D eigenvalue weighted by Gasteiger charge is 2.34. The number of nitrogens with one attached hydrogen (secondary N) is 3. The van der Waals surface area contributed by atoms with E-state index in [2.05, 4.69) is 16.0 Å². The van der Waals surface area contributed by atoms with Crippen molar-refractivity contribution in [3.63, 3.8) is 0 Å². The first-order valence-electron chi connectivity index (χ1n) is 22.6. The van der Waals surface area contributed by atoms with Gasteiger partial charge in [0.25, 0.3) is 0 Å². The van der Waals surface area contributed by atoms with E-state index >= 15 is 0 Å². The van der Waals surface area contributed by atoms with Crippen LogP contribution in [0.1, 0.15) is 208 Å². The van der Waals surface area contributed by atoms with Crippen molar-refractivity contribution >= 4 is 37.6 Å². The minimum absolute atomic E-state index is 0.0464. The summed E-state index contributed by atoms with van der Waals surface area (Å²) in [5.74, 6) is -1.38. The number of carbonyl (C=O) groups is 5. The van der Waals surface area contributed by atoms with Gasteiger partial charge in [0, 0.05) is 32.4 Å². The SMILES string of the molecule is CC(C)(C)OP(=O)(CCCCCCCCCCCCCCCCCCC(=O)NC(C=O)CCC(=O)NCCCCCC(=O)NCCCCC(N)C(=O)O)OC(C)(C)C. The van der Waals surface area contributed by atoms with E-state index in [-0.39, 0.29) is 30.6 Å². The Morgan fingerprint density at radius 2 is 0.948 bits per heavy atom. The highest BCUT2D eigenvalue weighted by atomic mass is 31.2. The van der Waals surface area contributed by atoms with Crippen LogP contribution in [0.2, 0.25) is 0 Å². The maximum atomic E-state index is 13.3. The normalized spacial score (nSPS) is 13.2. The molecule has 0 aromatic rings. The van der Waals surface area contributed by atoms with E-state index in [1.54, 1.807) is 0 Å². The van der Waals surface area contributed by atoms with Crippen LogP contribution < -0.4 is 21.7 Å². The minimum atomic E-state index is -3.12. The molecule has 2 atom stereocenters. The van der Waals surface area contributed by atoms with Crippen LogP contribution in [0.3, 0.4) is 0 Å². The monoisotopic (exact) mass is 845 g/mol. The number of carbonyl (C=O) groups excluding carboxylic acids is 4. The molecule has 3 amide bonds. The number of hydrogen-bond donors (Lipinski definition) is 5. The molecule has 0 aliphatic rings. The lowest BCUT2D eigenvalue weighted by Gasteiger charge is -2.32. The van der Waals surface area contributed by atoms with Crippen LogP contribution in [0.4, 0.5) is 0 Å². The van der Waals surface area contributed by atoms with E-state index in [0.29, 0.717) is 64.1 Å². The second kappa shape index (κ2) is 33.4. The van der Waals surface area contributed by atoms with E-state index in [9.17, 15) is 28.5 Å². The highest BCUT2D eigenvalue weighted by molar-refractivity contribution is 7.53. The molecule has 2 unspecified atom stereocenters. The number of rotatable bonds is 38. The van der Waals surface area contributed by atoms with Crippen molar-refractivity contribution in [1.29, 1.82) is 0 Å². The Kier molecular flexibility index (Phi) is 32.0. The van der Waals surface area contributed by atoms with Gasteiger partial charge in [0.1, 0.15) is 12.3 Å². The first-order chi connectivity index (χ1) is 27.4. The van der Waals surface area contributed by atoms with Gasteiger partial charge < -0.3 is 40.6 Å². The minimum Gasteiger partial charge on any atom is -0.480 e. The van der Waals surface area contributed by atoms with Gasteiger partial charge >= 0.3 is 13.6 Å². The van der Waals surface area contributed by atoms with Gasteiger partial charge in [-0.2, -0.15) is 0 Å². The lowest BCUT2D eigenvalue weighted by atomic mass is 10.0. The molecule has 13 nitrogen and oxygen atoms in total. The maximum absolute atomic E-state index is 13.3. The Labute approximate surface area is 352 Å². The van der Waals surface area contributed by atoms with Gasteiger partial charge in [-0.1, -0.05) is 96.3 Å². The summed E-state index contributed by atoms with van der Waals surface area (Å²) in [6.45, 7) is 12.5.